The SMILES string of the molecule is O=[Te](=O)([O-])[O-].[Ca+2]. The Balaban J connectivity index is 0. The van der Waals surface area contributed by atoms with Crippen molar-refractivity contribution in [3.05, 3.63) is 0 Å². The molecule has 0 bridgehead atoms. The zero-order valence-corrected chi connectivity index (χ0v) is 7.29. The predicted octanol–water partition coefficient (Wildman–Crippen LogP) is -3.38. The largest absolute Gasteiger partial charge is 2.00 e. The van der Waals surface area contributed by atoms with Crippen LogP contribution in [-0.4, -0.2) is 56.7 Å². The van der Waals surface area contributed by atoms with Crippen LogP contribution in [0.4, 0.5) is 0 Å². The number of hydrogen-bond donors (Lipinski definition) is 0. The first-order chi connectivity index (χ1) is 2.00. The van der Waals surface area contributed by atoms with Gasteiger partial charge in [-0.25, -0.2) is 0 Å². The fourth-order valence-corrected chi connectivity index (χ4v) is 0. The smallest absolute Gasteiger partial charge is 2.00 e. The first-order valence-electron chi connectivity index (χ1n) is 0.667. The summed E-state index contributed by atoms with van der Waals surface area (Å²) >= 11 is -6.02. The van der Waals surface area contributed by atoms with Crippen LogP contribution in [0.25, 0.3) is 0 Å². The van der Waals surface area contributed by atoms with Gasteiger partial charge >= 0.3 is 69.9 Å². The molecule has 0 radical (unpaired) electrons. The Hall–Kier alpha value is 1.57. The minimum atomic E-state index is -6.02. The topological polar surface area (TPSA) is 80.3 Å². The van der Waals surface area contributed by atoms with Gasteiger partial charge in [0.05, 0.1) is 0 Å². The molecule has 0 saturated carbocycles. The Morgan fingerprint density at radius 1 is 1.17 bits per heavy atom. The second-order valence-electron chi connectivity index (χ2n) is 0.408. The van der Waals surface area contributed by atoms with Gasteiger partial charge in [-0.2, -0.15) is 0 Å². The van der Waals surface area contributed by atoms with Gasteiger partial charge in [-0.3, -0.25) is 0 Å². The van der Waals surface area contributed by atoms with Crippen LogP contribution in [0.3, 0.4) is 0 Å². The fourth-order valence-electron chi connectivity index (χ4n) is 0. The molecule has 0 unspecified atom stereocenters. The Bertz CT molecular complexity index is 90.7. The third-order valence-electron chi connectivity index (χ3n) is 0. The summed E-state index contributed by atoms with van der Waals surface area (Å²) in [6.45, 7) is 0. The summed E-state index contributed by atoms with van der Waals surface area (Å²) in [6, 6.07) is 0. The second kappa shape index (κ2) is 3.56. The van der Waals surface area contributed by atoms with E-state index in [4.69, 9.17) is 13.2 Å². The standard InChI is InChI=1S/Ca.H2O4Te/c;1-5(2,3)4/h;(H2,1,2,3,4)/q+2;/p-2. The maximum absolute atomic E-state index is 8.63. The van der Waals surface area contributed by atoms with Crippen LogP contribution in [0.2, 0.25) is 0 Å². The van der Waals surface area contributed by atoms with Crippen molar-refractivity contribution in [2.75, 3.05) is 0 Å². The molecule has 0 amide bonds. The quantitative estimate of drug-likeness (QED) is 0.408. The molecule has 32 valence electrons. The zero-order chi connectivity index (χ0) is 4.50. The van der Waals surface area contributed by atoms with E-state index in [1.165, 1.54) is 0 Å². The number of rotatable bonds is 0. The molecule has 4 nitrogen and oxygen atoms in total. The van der Waals surface area contributed by atoms with E-state index in [2.05, 4.69) is 0 Å². The van der Waals surface area contributed by atoms with E-state index >= 15 is 0 Å². The van der Waals surface area contributed by atoms with E-state index in [9.17, 15) is 0 Å². The monoisotopic (exact) mass is 234 g/mol. The average molecular weight is 232 g/mol. The Kier molecular flexibility index (Phi) is 6.24. The first kappa shape index (κ1) is 10.5. The molecule has 0 fully saturated rings. The molecule has 0 aromatic carbocycles. The van der Waals surface area contributed by atoms with Gasteiger partial charge in [0.25, 0.3) is 0 Å². The maximum Gasteiger partial charge on any atom is 2.00 e. The molecule has 0 aromatic rings. The Morgan fingerprint density at radius 3 is 1.17 bits per heavy atom. The van der Waals surface area contributed by atoms with Crippen molar-refractivity contribution in [1.82, 2.24) is 0 Å². The third kappa shape index (κ3) is 47.2. The van der Waals surface area contributed by atoms with Gasteiger partial charge in [0, 0.05) is 0 Å². The van der Waals surface area contributed by atoms with Crippen molar-refractivity contribution in [2.24, 2.45) is 0 Å². The predicted molar refractivity (Wildman–Crippen MR) is 12.9 cm³/mol. The summed E-state index contributed by atoms with van der Waals surface area (Å²) in [5, 5.41) is 0. The van der Waals surface area contributed by atoms with Crippen LogP contribution in [0.15, 0.2) is 0 Å². The Labute approximate surface area is 68.8 Å². The van der Waals surface area contributed by atoms with Crippen LogP contribution in [0, 0.1) is 0 Å². The van der Waals surface area contributed by atoms with Crippen molar-refractivity contribution in [2.45, 2.75) is 0 Å². The molecule has 0 atom stereocenters. The first-order valence-corrected chi connectivity index (χ1v) is 4.47. The van der Waals surface area contributed by atoms with Gasteiger partial charge < -0.3 is 0 Å². The summed E-state index contributed by atoms with van der Waals surface area (Å²) in [6.07, 6.45) is 0. The average Bonchev–Trinajstić information content (AvgIpc) is 0.722. The van der Waals surface area contributed by atoms with E-state index in [-0.39, 0.29) is 37.7 Å². The molecule has 0 aliphatic carbocycles. The van der Waals surface area contributed by atoms with Crippen molar-refractivity contribution in [3.63, 3.8) is 0 Å². The van der Waals surface area contributed by atoms with Gasteiger partial charge in [-0.1, -0.05) is 0 Å². The summed E-state index contributed by atoms with van der Waals surface area (Å²) in [4.78, 5) is 0. The van der Waals surface area contributed by atoms with E-state index in [1.54, 1.807) is 0 Å². The fraction of sp³-hybridized carbons (Fsp3) is 0. The molecular formula is CaO4Te. The minimum absolute atomic E-state index is 0. The number of hydrogen-bond acceptors (Lipinski definition) is 4. The van der Waals surface area contributed by atoms with E-state index in [0.717, 1.165) is 0 Å². The van der Waals surface area contributed by atoms with Crippen molar-refractivity contribution in [3.8, 4) is 0 Å². The van der Waals surface area contributed by atoms with Gasteiger partial charge in [0.1, 0.15) is 0 Å². The summed E-state index contributed by atoms with van der Waals surface area (Å²) < 4.78 is 34.5. The summed E-state index contributed by atoms with van der Waals surface area (Å²) in [5.74, 6) is 0. The summed E-state index contributed by atoms with van der Waals surface area (Å²) in [7, 11) is 0. The van der Waals surface area contributed by atoms with Crippen LogP contribution in [-0.2, 0) is 6.21 Å². The van der Waals surface area contributed by atoms with E-state index < -0.39 is 19.0 Å². The molecule has 0 rings (SSSR count). The molecule has 0 spiro atoms. The van der Waals surface area contributed by atoms with Crippen molar-refractivity contribution in [1.29, 1.82) is 0 Å². The molecule has 0 aromatic heterocycles. The van der Waals surface area contributed by atoms with Gasteiger partial charge in [0.2, 0.25) is 0 Å². The van der Waals surface area contributed by atoms with Crippen LogP contribution >= 0.6 is 0 Å². The van der Waals surface area contributed by atoms with Crippen LogP contribution < -0.4 is 6.94 Å². The molecular weight excluding hydrogens is 232 g/mol. The van der Waals surface area contributed by atoms with Gasteiger partial charge in [-0.05, 0) is 0 Å². The molecule has 0 aliphatic heterocycles. The van der Waals surface area contributed by atoms with Crippen LogP contribution in [0.5, 0.6) is 0 Å². The molecule has 6 heteroatoms. The molecule has 0 aliphatic rings. The second-order valence-corrected chi connectivity index (χ2v) is 2.74. The third-order valence-corrected chi connectivity index (χ3v) is 0. The van der Waals surface area contributed by atoms with E-state index in [1.807, 2.05) is 0 Å². The van der Waals surface area contributed by atoms with Gasteiger partial charge in [-0.15, -0.1) is 0 Å². The molecule has 0 saturated heterocycles. The zero-order valence-electron chi connectivity index (χ0n) is 2.75. The normalized spacial score (nSPS) is 9.67. The Morgan fingerprint density at radius 2 is 1.17 bits per heavy atom. The molecule has 0 heterocycles. The minimum Gasteiger partial charge on any atom is 2.00 e. The van der Waals surface area contributed by atoms with Gasteiger partial charge in [0.15, 0.2) is 0 Å². The van der Waals surface area contributed by atoms with Crippen LogP contribution in [0.1, 0.15) is 0 Å². The molecule has 0 N–H and O–H groups in total. The molecule has 6 heavy (non-hydrogen) atoms. The van der Waals surface area contributed by atoms with Crippen molar-refractivity contribution < 1.29 is 13.2 Å². The van der Waals surface area contributed by atoms with Crippen molar-refractivity contribution >= 4 is 56.7 Å². The maximum atomic E-state index is 8.63. The summed E-state index contributed by atoms with van der Waals surface area (Å²) in [5.41, 5.74) is 0. The van der Waals surface area contributed by atoms with E-state index in [0.29, 0.717) is 0 Å².